The first kappa shape index (κ1) is 20.3. The number of piperazine rings is 1. The summed E-state index contributed by atoms with van der Waals surface area (Å²) < 4.78 is 29.4. The molecular formula is C20H29N5O3S. The number of hydrogen-bond acceptors (Lipinski definition) is 4. The van der Waals surface area contributed by atoms with Gasteiger partial charge in [-0.25, -0.2) is 0 Å². The molecule has 1 aromatic heterocycles. The first-order valence-electron chi connectivity index (χ1n) is 10.1. The van der Waals surface area contributed by atoms with Gasteiger partial charge < -0.3 is 9.88 Å². The van der Waals surface area contributed by atoms with Gasteiger partial charge in [-0.05, 0) is 24.5 Å². The highest BCUT2D eigenvalue weighted by molar-refractivity contribution is 7.86. The number of fused-ring (bicyclic) bond motifs is 1. The maximum absolute atomic E-state index is 12.3. The average Bonchev–Trinajstić information content (AvgIpc) is 3.44. The summed E-state index contributed by atoms with van der Waals surface area (Å²) in [6, 6.07) is 8.50. The van der Waals surface area contributed by atoms with Crippen LogP contribution in [-0.4, -0.2) is 78.7 Å². The summed E-state index contributed by atoms with van der Waals surface area (Å²) in [6.07, 6.45) is 4.23. The Balaban J connectivity index is 1.45. The van der Waals surface area contributed by atoms with Crippen molar-refractivity contribution in [3.8, 4) is 0 Å². The second-order valence-corrected chi connectivity index (χ2v) is 10.2. The maximum Gasteiger partial charge on any atom is 0.281 e. The highest BCUT2D eigenvalue weighted by Crippen LogP contribution is 2.24. The Bertz CT molecular complexity index is 989. The minimum absolute atomic E-state index is 0.0577. The molecule has 0 bridgehead atoms. The zero-order valence-corrected chi connectivity index (χ0v) is 17.9. The number of aromatic nitrogens is 1. The van der Waals surface area contributed by atoms with Gasteiger partial charge in [0.05, 0.1) is 0 Å². The molecule has 8 nitrogen and oxygen atoms in total. The van der Waals surface area contributed by atoms with E-state index in [9.17, 15) is 13.2 Å². The molecule has 1 saturated heterocycles. The normalized spacial score (nSPS) is 19.1. The van der Waals surface area contributed by atoms with E-state index in [0.717, 1.165) is 30.3 Å². The first-order chi connectivity index (χ1) is 13.8. The van der Waals surface area contributed by atoms with E-state index in [4.69, 9.17) is 0 Å². The molecule has 0 unspecified atom stereocenters. The third-order valence-corrected chi connectivity index (χ3v) is 7.58. The van der Waals surface area contributed by atoms with Crippen LogP contribution in [0.15, 0.2) is 30.5 Å². The highest BCUT2D eigenvalue weighted by atomic mass is 32.2. The largest absolute Gasteiger partial charge is 0.352 e. The molecule has 2 aromatic rings. The Labute approximate surface area is 172 Å². The smallest absolute Gasteiger partial charge is 0.281 e. The van der Waals surface area contributed by atoms with E-state index in [1.807, 2.05) is 22.8 Å². The molecule has 9 heteroatoms. The Morgan fingerprint density at radius 3 is 2.48 bits per heavy atom. The van der Waals surface area contributed by atoms with Gasteiger partial charge in [0.25, 0.3) is 10.2 Å². The number of hydrogen-bond donors (Lipinski definition) is 1. The van der Waals surface area contributed by atoms with Crippen molar-refractivity contribution in [2.24, 2.45) is 0 Å². The second-order valence-electron chi connectivity index (χ2n) is 8.11. The van der Waals surface area contributed by atoms with Crippen molar-refractivity contribution in [2.45, 2.75) is 32.0 Å². The van der Waals surface area contributed by atoms with Gasteiger partial charge >= 0.3 is 0 Å². The predicted octanol–water partition coefficient (Wildman–Crippen LogP) is 0.844. The molecule has 1 saturated carbocycles. The van der Waals surface area contributed by atoms with Gasteiger partial charge in [-0.15, -0.1) is 0 Å². The molecular weight excluding hydrogens is 390 g/mol. The van der Waals surface area contributed by atoms with Crippen LogP contribution in [0.3, 0.4) is 0 Å². The van der Waals surface area contributed by atoms with Gasteiger partial charge in [-0.2, -0.15) is 17.0 Å². The van der Waals surface area contributed by atoms with E-state index in [-0.39, 0.29) is 5.91 Å². The minimum Gasteiger partial charge on any atom is -0.352 e. The van der Waals surface area contributed by atoms with Crippen molar-refractivity contribution >= 4 is 27.0 Å². The van der Waals surface area contributed by atoms with E-state index in [1.54, 1.807) is 14.1 Å². The second kappa shape index (κ2) is 8.06. The Kier molecular flexibility index (Phi) is 5.65. The van der Waals surface area contributed by atoms with E-state index in [0.29, 0.717) is 38.8 Å². The van der Waals surface area contributed by atoms with Gasteiger partial charge in [0.15, 0.2) is 0 Å². The maximum atomic E-state index is 12.3. The van der Waals surface area contributed by atoms with Crippen LogP contribution in [0.1, 0.15) is 18.4 Å². The monoisotopic (exact) mass is 419 g/mol. The van der Waals surface area contributed by atoms with Crippen LogP contribution in [0.4, 0.5) is 0 Å². The summed E-state index contributed by atoms with van der Waals surface area (Å²) in [5.74, 6) is 0.0577. The minimum atomic E-state index is -3.35. The predicted molar refractivity (Wildman–Crippen MR) is 113 cm³/mol. The lowest BCUT2D eigenvalue weighted by atomic mass is 10.1. The highest BCUT2D eigenvalue weighted by Gasteiger charge is 2.29. The lowest BCUT2D eigenvalue weighted by Gasteiger charge is -2.35. The lowest BCUT2D eigenvalue weighted by molar-refractivity contribution is -0.121. The van der Waals surface area contributed by atoms with Crippen LogP contribution >= 0.6 is 0 Å². The van der Waals surface area contributed by atoms with Crippen LogP contribution in [-0.2, 0) is 28.1 Å². The SMILES string of the molecule is CN(C)S(=O)(=O)N1CCN(Cc2cn(CC(=O)NC3CC3)c3ccccc23)CC1. The van der Waals surface area contributed by atoms with E-state index >= 15 is 0 Å². The summed E-state index contributed by atoms with van der Waals surface area (Å²) >= 11 is 0. The Morgan fingerprint density at radius 1 is 1.14 bits per heavy atom. The third-order valence-electron chi connectivity index (χ3n) is 5.64. The summed E-state index contributed by atoms with van der Waals surface area (Å²) in [7, 11) is -0.223. The molecule has 0 radical (unpaired) electrons. The van der Waals surface area contributed by atoms with E-state index in [1.165, 1.54) is 14.2 Å². The number of amides is 1. The van der Waals surface area contributed by atoms with Crippen molar-refractivity contribution in [1.82, 2.24) is 23.4 Å². The summed E-state index contributed by atoms with van der Waals surface area (Å²) in [6.45, 7) is 3.43. The number of nitrogens with zero attached hydrogens (tertiary/aromatic N) is 4. The van der Waals surface area contributed by atoms with Crippen LogP contribution < -0.4 is 5.32 Å². The van der Waals surface area contributed by atoms with E-state index < -0.39 is 10.2 Å². The van der Waals surface area contributed by atoms with Crippen molar-refractivity contribution in [1.29, 1.82) is 0 Å². The van der Waals surface area contributed by atoms with Crippen LogP contribution in [0, 0.1) is 0 Å². The zero-order valence-electron chi connectivity index (χ0n) is 17.0. The van der Waals surface area contributed by atoms with E-state index in [2.05, 4.69) is 22.5 Å². The molecule has 2 aliphatic rings. The fraction of sp³-hybridized carbons (Fsp3) is 0.550. The van der Waals surface area contributed by atoms with Gasteiger partial charge in [0, 0.05) is 70.0 Å². The summed E-state index contributed by atoms with van der Waals surface area (Å²) in [5.41, 5.74) is 2.23. The topological polar surface area (TPSA) is 77.9 Å². The molecule has 1 aromatic carbocycles. The van der Waals surface area contributed by atoms with Crippen LogP contribution in [0.5, 0.6) is 0 Å². The molecule has 0 atom stereocenters. The average molecular weight is 420 g/mol. The van der Waals surface area contributed by atoms with Crippen molar-refractivity contribution in [2.75, 3.05) is 40.3 Å². The van der Waals surface area contributed by atoms with Crippen molar-refractivity contribution in [3.05, 3.63) is 36.0 Å². The lowest BCUT2D eigenvalue weighted by Crippen LogP contribution is -2.51. The van der Waals surface area contributed by atoms with Crippen LogP contribution in [0.2, 0.25) is 0 Å². The molecule has 29 heavy (non-hydrogen) atoms. The molecule has 2 fully saturated rings. The summed E-state index contributed by atoms with van der Waals surface area (Å²) in [5, 5.41) is 4.20. The molecule has 1 amide bonds. The fourth-order valence-corrected chi connectivity index (χ4v) is 4.91. The third kappa shape index (κ3) is 4.48. The number of carbonyl (C=O) groups excluding carboxylic acids is 1. The van der Waals surface area contributed by atoms with Gasteiger partial charge in [-0.1, -0.05) is 18.2 Å². The molecule has 2 heterocycles. The number of nitrogens with one attached hydrogen (secondary N) is 1. The molecule has 4 rings (SSSR count). The molecule has 158 valence electrons. The quantitative estimate of drug-likeness (QED) is 0.722. The zero-order chi connectivity index (χ0) is 20.6. The number of carbonyl (C=O) groups is 1. The van der Waals surface area contributed by atoms with Crippen LogP contribution in [0.25, 0.3) is 10.9 Å². The number of para-hydroxylation sites is 1. The van der Waals surface area contributed by atoms with Gasteiger partial charge in [0.2, 0.25) is 5.91 Å². The Morgan fingerprint density at radius 2 is 1.83 bits per heavy atom. The van der Waals surface area contributed by atoms with Crippen molar-refractivity contribution < 1.29 is 13.2 Å². The first-order valence-corrected chi connectivity index (χ1v) is 11.5. The number of rotatable bonds is 7. The van der Waals surface area contributed by atoms with Gasteiger partial charge in [0.1, 0.15) is 6.54 Å². The molecule has 0 spiro atoms. The summed E-state index contributed by atoms with van der Waals surface area (Å²) in [4.78, 5) is 14.6. The van der Waals surface area contributed by atoms with Gasteiger partial charge in [-0.3, -0.25) is 9.69 Å². The Hall–Kier alpha value is -1.94. The van der Waals surface area contributed by atoms with Crippen molar-refractivity contribution in [3.63, 3.8) is 0 Å². The number of benzene rings is 1. The standard InChI is InChI=1S/C20H29N5O3S/c1-22(2)29(27,28)25-11-9-23(10-12-25)13-16-14-24(15-20(26)21-17-7-8-17)19-6-4-3-5-18(16)19/h3-6,14,17H,7-13,15H2,1-2H3,(H,21,26). The molecule has 1 aliphatic carbocycles. The fourth-order valence-electron chi connectivity index (χ4n) is 3.83. The molecule has 1 aliphatic heterocycles. The molecule has 1 N–H and O–H groups in total.